The number of benzene rings is 2. The van der Waals surface area contributed by atoms with E-state index in [4.69, 9.17) is 0 Å². The monoisotopic (exact) mass is 393 g/mol. The fourth-order valence-electron chi connectivity index (χ4n) is 3.73. The zero-order valence-corrected chi connectivity index (χ0v) is 15.1. The summed E-state index contributed by atoms with van der Waals surface area (Å²) in [5, 5.41) is 2.26. The van der Waals surface area contributed by atoms with E-state index in [0.717, 1.165) is 33.9 Å². The molecule has 0 atom stereocenters. The molecule has 1 amide bonds. The van der Waals surface area contributed by atoms with Gasteiger partial charge < -0.3 is 14.9 Å². The van der Waals surface area contributed by atoms with Crippen LogP contribution in [0.1, 0.15) is 21.7 Å². The Morgan fingerprint density at radius 3 is 2.84 bits per heavy atom. The molecule has 0 spiro atoms. The molecule has 1 aliphatic rings. The third-order valence-electron chi connectivity index (χ3n) is 5.01. The Hall–Kier alpha value is -2.53. The number of fused-ring (bicyclic) bond motifs is 4. The summed E-state index contributed by atoms with van der Waals surface area (Å²) >= 11 is 3.61. The third kappa shape index (κ3) is 2.30. The summed E-state index contributed by atoms with van der Waals surface area (Å²) in [6, 6.07) is 16.1. The minimum absolute atomic E-state index is 0.0613. The molecule has 0 fully saturated rings. The Kier molecular flexibility index (Phi) is 3.25. The second kappa shape index (κ2) is 5.49. The highest BCUT2D eigenvalue weighted by molar-refractivity contribution is 9.10. The van der Waals surface area contributed by atoms with Crippen molar-refractivity contribution in [2.45, 2.75) is 13.0 Å². The fourth-order valence-corrected chi connectivity index (χ4v) is 4.20. The van der Waals surface area contributed by atoms with Crippen LogP contribution in [0, 0.1) is 0 Å². The van der Waals surface area contributed by atoms with E-state index >= 15 is 0 Å². The highest BCUT2D eigenvalue weighted by Crippen LogP contribution is 2.32. The van der Waals surface area contributed by atoms with Gasteiger partial charge in [-0.1, -0.05) is 30.3 Å². The number of carbonyl (C=O) groups excluding carboxylic acids is 1. The summed E-state index contributed by atoms with van der Waals surface area (Å²) in [4.78, 5) is 21.7. The van der Waals surface area contributed by atoms with Gasteiger partial charge in [0.2, 0.25) is 0 Å². The quantitative estimate of drug-likeness (QED) is 0.487. The van der Waals surface area contributed by atoms with Crippen LogP contribution >= 0.6 is 15.9 Å². The molecule has 0 radical (unpaired) electrons. The van der Waals surface area contributed by atoms with Crippen molar-refractivity contribution in [3.63, 3.8) is 0 Å². The molecule has 4 aromatic rings. The molecular formula is C20H16BrN3O. The first-order chi connectivity index (χ1) is 12.2. The second-order valence-corrected chi connectivity index (χ2v) is 7.35. The van der Waals surface area contributed by atoms with Crippen LogP contribution in [0.5, 0.6) is 0 Å². The van der Waals surface area contributed by atoms with Crippen LogP contribution in [0.15, 0.2) is 53.0 Å². The number of hydrogen-bond donors (Lipinski definition) is 2. The average molecular weight is 394 g/mol. The Morgan fingerprint density at radius 2 is 1.96 bits per heavy atom. The lowest BCUT2D eigenvalue weighted by atomic mass is 10.0. The number of H-pyrrole nitrogens is 2. The van der Waals surface area contributed by atoms with E-state index in [1.807, 2.05) is 47.4 Å². The molecule has 5 heteroatoms. The van der Waals surface area contributed by atoms with Crippen molar-refractivity contribution >= 4 is 43.6 Å². The van der Waals surface area contributed by atoms with Gasteiger partial charge in [-0.3, -0.25) is 4.79 Å². The van der Waals surface area contributed by atoms with Crippen LogP contribution in [-0.4, -0.2) is 27.3 Å². The van der Waals surface area contributed by atoms with Crippen LogP contribution in [0.25, 0.3) is 21.8 Å². The lowest BCUT2D eigenvalue weighted by Gasteiger charge is -2.26. The predicted octanol–water partition coefficient (Wildman–Crippen LogP) is 4.61. The van der Waals surface area contributed by atoms with Crippen LogP contribution in [0.3, 0.4) is 0 Å². The number of aromatic amines is 2. The normalized spacial score (nSPS) is 14.2. The zero-order valence-electron chi connectivity index (χ0n) is 13.5. The van der Waals surface area contributed by atoms with E-state index in [1.54, 1.807) is 0 Å². The Labute approximate surface area is 153 Å². The molecule has 0 bridgehead atoms. The van der Waals surface area contributed by atoms with Crippen LogP contribution in [0.2, 0.25) is 0 Å². The van der Waals surface area contributed by atoms with E-state index in [-0.39, 0.29) is 5.91 Å². The van der Waals surface area contributed by atoms with Crippen LogP contribution in [-0.2, 0) is 13.0 Å². The lowest BCUT2D eigenvalue weighted by Crippen LogP contribution is -2.35. The number of para-hydroxylation sites is 2. The molecule has 25 heavy (non-hydrogen) atoms. The zero-order chi connectivity index (χ0) is 17.0. The highest BCUT2D eigenvalue weighted by Gasteiger charge is 2.26. The standard InChI is InChI=1S/C20H16BrN3O/c21-15-6-3-5-13-14-11-24(9-8-17(14)23-19(13)15)20(25)18-10-12-4-1-2-7-16(12)22-18/h1-7,10,22-23H,8-9,11H2. The van der Waals surface area contributed by atoms with Gasteiger partial charge in [0.15, 0.2) is 0 Å². The maximum atomic E-state index is 13.0. The van der Waals surface area contributed by atoms with Gasteiger partial charge in [0, 0.05) is 51.5 Å². The predicted molar refractivity (Wildman–Crippen MR) is 103 cm³/mol. The highest BCUT2D eigenvalue weighted by atomic mass is 79.9. The molecule has 3 heterocycles. The van der Waals surface area contributed by atoms with Crippen molar-refractivity contribution in [2.75, 3.05) is 6.54 Å². The van der Waals surface area contributed by atoms with Crippen LogP contribution < -0.4 is 0 Å². The molecule has 5 rings (SSSR count). The van der Waals surface area contributed by atoms with Gasteiger partial charge >= 0.3 is 0 Å². The summed E-state index contributed by atoms with van der Waals surface area (Å²) in [6.45, 7) is 1.37. The fraction of sp³-hybridized carbons (Fsp3) is 0.150. The summed E-state index contributed by atoms with van der Waals surface area (Å²) in [6.07, 6.45) is 0.850. The van der Waals surface area contributed by atoms with E-state index in [1.165, 1.54) is 16.6 Å². The lowest BCUT2D eigenvalue weighted by molar-refractivity contribution is 0.0730. The van der Waals surface area contributed by atoms with Gasteiger partial charge in [0.05, 0.1) is 5.52 Å². The molecule has 2 aromatic heterocycles. The largest absolute Gasteiger partial charge is 0.357 e. The topological polar surface area (TPSA) is 51.9 Å². The van der Waals surface area contributed by atoms with Gasteiger partial charge in [-0.25, -0.2) is 0 Å². The summed E-state index contributed by atoms with van der Waals surface area (Å²) in [5.41, 5.74) is 5.24. The number of nitrogens with one attached hydrogen (secondary N) is 2. The van der Waals surface area contributed by atoms with Crippen LogP contribution in [0.4, 0.5) is 0 Å². The summed E-state index contributed by atoms with van der Waals surface area (Å²) in [5.74, 6) is 0.0613. The number of rotatable bonds is 1. The van der Waals surface area contributed by atoms with E-state index in [2.05, 4.69) is 32.0 Å². The first kappa shape index (κ1) is 14.8. The molecule has 0 saturated carbocycles. The van der Waals surface area contributed by atoms with E-state index in [9.17, 15) is 4.79 Å². The van der Waals surface area contributed by atoms with E-state index in [0.29, 0.717) is 12.2 Å². The molecular weight excluding hydrogens is 378 g/mol. The van der Waals surface area contributed by atoms with Gasteiger partial charge in [-0.15, -0.1) is 0 Å². The number of hydrogen-bond acceptors (Lipinski definition) is 1. The molecule has 0 unspecified atom stereocenters. The number of amides is 1. The minimum Gasteiger partial charge on any atom is -0.357 e. The third-order valence-corrected chi connectivity index (χ3v) is 5.67. The van der Waals surface area contributed by atoms with Crippen molar-refractivity contribution in [1.82, 2.24) is 14.9 Å². The Morgan fingerprint density at radius 1 is 1.08 bits per heavy atom. The molecule has 124 valence electrons. The van der Waals surface area contributed by atoms with E-state index < -0.39 is 0 Å². The Balaban J connectivity index is 1.51. The molecule has 2 N–H and O–H groups in total. The minimum atomic E-state index is 0.0613. The second-order valence-electron chi connectivity index (χ2n) is 6.49. The van der Waals surface area contributed by atoms with Gasteiger partial charge in [-0.05, 0) is 34.1 Å². The maximum absolute atomic E-state index is 13.0. The average Bonchev–Trinajstić information content (AvgIpc) is 3.23. The molecule has 1 aliphatic heterocycles. The molecule has 0 aliphatic carbocycles. The Bertz CT molecular complexity index is 1090. The number of nitrogens with zero attached hydrogens (tertiary/aromatic N) is 1. The van der Waals surface area contributed by atoms with Crippen molar-refractivity contribution < 1.29 is 4.79 Å². The number of aromatic nitrogens is 2. The SMILES string of the molecule is O=C(c1cc2ccccc2[nH]1)N1CCc2[nH]c3c(Br)cccc3c2C1. The molecule has 4 nitrogen and oxygen atoms in total. The summed E-state index contributed by atoms with van der Waals surface area (Å²) in [7, 11) is 0. The molecule has 2 aromatic carbocycles. The summed E-state index contributed by atoms with van der Waals surface area (Å²) < 4.78 is 1.06. The smallest absolute Gasteiger partial charge is 0.270 e. The van der Waals surface area contributed by atoms with Gasteiger partial charge in [0.1, 0.15) is 5.69 Å². The number of carbonyl (C=O) groups is 1. The van der Waals surface area contributed by atoms with Crippen molar-refractivity contribution in [2.24, 2.45) is 0 Å². The first-order valence-corrected chi connectivity index (χ1v) is 9.15. The molecule has 0 saturated heterocycles. The van der Waals surface area contributed by atoms with Crippen molar-refractivity contribution in [1.29, 1.82) is 0 Å². The first-order valence-electron chi connectivity index (χ1n) is 8.35. The van der Waals surface area contributed by atoms with Gasteiger partial charge in [0.25, 0.3) is 5.91 Å². The number of halogens is 1. The van der Waals surface area contributed by atoms with Crippen molar-refractivity contribution in [3.05, 3.63) is 70.0 Å². The van der Waals surface area contributed by atoms with Crippen molar-refractivity contribution in [3.8, 4) is 0 Å². The maximum Gasteiger partial charge on any atom is 0.270 e. The van der Waals surface area contributed by atoms with Gasteiger partial charge in [-0.2, -0.15) is 0 Å².